The lowest BCUT2D eigenvalue weighted by atomic mass is 10.1. The molecule has 0 aliphatic heterocycles. The molecule has 0 unspecified atom stereocenters. The summed E-state index contributed by atoms with van der Waals surface area (Å²) in [6, 6.07) is 15.0. The normalized spacial score (nSPS) is 11.3. The molecule has 1 aromatic carbocycles. The van der Waals surface area contributed by atoms with Gasteiger partial charge < -0.3 is 5.11 Å². The Balaban J connectivity index is 2.29. The van der Waals surface area contributed by atoms with Gasteiger partial charge in [0.25, 0.3) is 0 Å². The highest BCUT2D eigenvalue weighted by Crippen LogP contribution is 2.13. The Bertz CT molecular complexity index is 448. The topological polar surface area (TPSA) is 33.1 Å². The van der Waals surface area contributed by atoms with Gasteiger partial charge in [-0.05, 0) is 12.1 Å². The summed E-state index contributed by atoms with van der Waals surface area (Å²) >= 11 is 0. The van der Waals surface area contributed by atoms with Crippen LogP contribution in [-0.2, 0) is 0 Å². The summed E-state index contributed by atoms with van der Waals surface area (Å²) in [6.07, 6.45) is 3.35. The van der Waals surface area contributed by atoms with Crippen LogP contribution in [0.3, 0.4) is 0 Å². The Kier molecular flexibility index (Phi) is 2.79. The van der Waals surface area contributed by atoms with Gasteiger partial charge in [-0.25, -0.2) is 0 Å². The predicted molar refractivity (Wildman–Crippen MR) is 61.2 cm³/mol. The van der Waals surface area contributed by atoms with E-state index in [1.807, 2.05) is 48.5 Å². The van der Waals surface area contributed by atoms with Crippen molar-refractivity contribution in [2.45, 2.75) is 0 Å². The van der Waals surface area contributed by atoms with Crippen molar-refractivity contribution in [1.29, 1.82) is 0 Å². The molecular formula is C13H11NO. The molecule has 0 fully saturated rings. The third-order valence-electron chi connectivity index (χ3n) is 2.04. The van der Waals surface area contributed by atoms with Gasteiger partial charge in [-0.2, -0.15) is 0 Å². The molecule has 0 saturated carbocycles. The second-order valence-corrected chi connectivity index (χ2v) is 3.15. The molecule has 15 heavy (non-hydrogen) atoms. The summed E-state index contributed by atoms with van der Waals surface area (Å²) in [6.45, 7) is 0. The molecule has 1 aromatic heterocycles. The molecule has 2 nitrogen and oxygen atoms in total. The second kappa shape index (κ2) is 4.42. The summed E-state index contributed by atoms with van der Waals surface area (Å²) in [5, 5.41) is 9.80. The Hall–Kier alpha value is -2.09. The van der Waals surface area contributed by atoms with E-state index in [-0.39, 0.29) is 5.76 Å². The summed E-state index contributed by atoms with van der Waals surface area (Å²) < 4.78 is 0. The van der Waals surface area contributed by atoms with Crippen LogP contribution < -0.4 is 0 Å². The lowest BCUT2D eigenvalue weighted by molar-refractivity contribution is 0.515. The lowest BCUT2D eigenvalue weighted by Gasteiger charge is -1.99. The van der Waals surface area contributed by atoms with Crippen LogP contribution in [0, 0.1) is 0 Å². The maximum Gasteiger partial charge on any atom is 0.124 e. The van der Waals surface area contributed by atoms with Crippen LogP contribution in [0.1, 0.15) is 11.3 Å². The monoisotopic (exact) mass is 197 g/mol. The minimum atomic E-state index is 0.231. The second-order valence-electron chi connectivity index (χ2n) is 3.15. The first-order valence-electron chi connectivity index (χ1n) is 4.73. The van der Waals surface area contributed by atoms with Crippen LogP contribution in [0.4, 0.5) is 0 Å². The molecule has 2 heteroatoms. The number of hydrogen-bond donors (Lipinski definition) is 1. The van der Waals surface area contributed by atoms with Gasteiger partial charge in [0.15, 0.2) is 0 Å². The Labute approximate surface area is 88.5 Å². The molecule has 0 saturated heterocycles. The van der Waals surface area contributed by atoms with E-state index in [1.165, 1.54) is 0 Å². The minimum absolute atomic E-state index is 0.231. The van der Waals surface area contributed by atoms with E-state index in [2.05, 4.69) is 4.98 Å². The average molecular weight is 197 g/mol. The van der Waals surface area contributed by atoms with Crippen LogP contribution >= 0.6 is 0 Å². The molecule has 1 N–H and O–H groups in total. The van der Waals surface area contributed by atoms with Gasteiger partial charge in [-0.3, -0.25) is 4.98 Å². The van der Waals surface area contributed by atoms with Gasteiger partial charge >= 0.3 is 0 Å². The van der Waals surface area contributed by atoms with Crippen molar-refractivity contribution in [2.75, 3.05) is 0 Å². The fourth-order valence-corrected chi connectivity index (χ4v) is 1.29. The third-order valence-corrected chi connectivity index (χ3v) is 2.04. The number of aromatic nitrogens is 1. The van der Waals surface area contributed by atoms with Crippen LogP contribution in [0.2, 0.25) is 0 Å². The highest BCUT2D eigenvalue weighted by atomic mass is 16.3. The molecule has 0 bridgehead atoms. The zero-order valence-electron chi connectivity index (χ0n) is 8.17. The largest absolute Gasteiger partial charge is 0.507 e. The molecular weight excluding hydrogens is 186 g/mol. The van der Waals surface area contributed by atoms with Crippen molar-refractivity contribution in [1.82, 2.24) is 4.98 Å². The highest BCUT2D eigenvalue weighted by Gasteiger charge is 1.97. The number of rotatable bonds is 2. The number of benzene rings is 1. The summed E-state index contributed by atoms with van der Waals surface area (Å²) in [4.78, 5) is 4.11. The number of pyridine rings is 1. The first-order valence-corrected chi connectivity index (χ1v) is 4.73. The van der Waals surface area contributed by atoms with Gasteiger partial charge in [0, 0.05) is 17.8 Å². The number of nitrogens with zero attached hydrogens (tertiary/aromatic N) is 1. The van der Waals surface area contributed by atoms with Crippen molar-refractivity contribution in [3.05, 3.63) is 66.0 Å². The SMILES string of the molecule is OC(=Cc1ccccn1)c1ccccc1. The average Bonchev–Trinajstić information content (AvgIpc) is 2.31. The van der Waals surface area contributed by atoms with Crippen molar-refractivity contribution in [2.24, 2.45) is 0 Å². The molecule has 0 amide bonds. The fourth-order valence-electron chi connectivity index (χ4n) is 1.29. The smallest absolute Gasteiger partial charge is 0.124 e. The van der Waals surface area contributed by atoms with Crippen molar-refractivity contribution < 1.29 is 5.11 Å². The zero-order valence-corrected chi connectivity index (χ0v) is 8.17. The standard InChI is InChI=1S/C13H11NO/c15-13(11-6-2-1-3-7-11)10-12-8-4-5-9-14-12/h1-10,15H. The van der Waals surface area contributed by atoms with E-state index in [0.29, 0.717) is 0 Å². The molecule has 0 radical (unpaired) electrons. The highest BCUT2D eigenvalue weighted by molar-refractivity contribution is 5.74. The van der Waals surface area contributed by atoms with E-state index in [9.17, 15) is 5.11 Å². The molecule has 74 valence electrons. The zero-order chi connectivity index (χ0) is 10.5. The van der Waals surface area contributed by atoms with Crippen molar-refractivity contribution >= 4 is 11.8 Å². The van der Waals surface area contributed by atoms with Gasteiger partial charge in [0.05, 0.1) is 5.69 Å². The van der Waals surface area contributed by atoms with Crippen LogP contribution in [-0.4, -0.2) is 10.1 Å². The van der Waals surface area contributed by atoms with Gasteiger partial charge in [-0.1, -0.05) is 36.4 Å². The predicted octanol–water partition coefficient (Wildman–Crippen LogP) is 3.14. The van der Waals surface area contributed by atoms with Crippen LogP contribution in [0.25, 0.3) is 11.8 Å². The molecule has 2 aromatic rings. The summed E-state index contributed by atoms with van der Waals surface area (Å²) in [5.74, 6) is 0.231. The molecule has 0 aliphatic carbocycles. The Morgan fingerprint density at radius 3 is 2.40 bits per heavy atom. The molecule has 2 rings (SSSR count). The third kappa shape index (κ3) is 2.44. The number of aliphatic hydroxyl groups excluding tert-OH is 1. The van der Waals surface area contributed by atoms with Gasteiger partial charge in [-0.15, -0.1) is 0 Å². The van der Waals surface area contributed by atoms with Crippen molar-refractivity contribution in [3.63, 3.8) is 0 Å². The van der Waals surface area contributed by atoms with E-state index >= 15 is 0 Å². The number of hydrogen-bond acceptors (Lipinski definition) is 2. The van der Waals surface area contributed by atoms with Crippen LogP contribution in [0.5, 0.6) is 0 Å². The van der Waals surface area contributed by atoms with Crippen molar-refractivity contribution in [3.8, 4) is 0 Å². The first kappa shape index (κ1) is 9.46. The summed E-state index contributed by atoms with van der Waals surface area (Å²) in [5.41, 5.74) is 1.54. The Morgan fingerprint density at radius 1 is 1.00 bits per heavy atom. The van der Waals surface area contributed by atoms with Gasteiger partial charge in [0.2, 0.25) is 0 Å². The van der Waals surface area contributed by atoms with E-state index in [1.54, 1.807) is 12.3 Å². The molecule has 0 aliphatic rings. The molecule has 1 heterocycles. The van der Waals surface area contributed by atoms with Gasteiger partial charge in [0.1, 0.15) is 5.76 Å². The summed E-state index contributed by atoms with van der Waals surface area (Å²) in [7, 11) is 0. The van der Waals surface area contributed by atoms with E-state index in [0.717, 1.165) is 11.3 Å². The quantitative estimate of drug-likeness (QED) is 0.750. The maximum absolute atomic E-state index is 9.80. The maximum atomic E-state index is 9.80. The molecule has 0 spiro atoms. The van der Waals surface area contributed by atoms with E-state index in [4.69, 9.17) is 0 Å². The van der Waals surface area contributed by atoms with E-state index < -0.39 is 0 Å². The fraction of sp³-hybridized carbons (Fsp3) is 0. The number of aliphatic hydroxyl groups is 1. The van der Waals surface area contributed by atoms with Crippen LogP contribution in [0.15, 0.2) is 54.7 Å². The lowest BCUT2D eigenvalue weighted by Crippen LogP contribution is -1.83. The Morgan fingerprint density at radius 2 is 1.73 bits per heavy atom. The first-order chi connectivity index (χ1) is 7.36. The minimum Gasteiger partial charge on any atom is -0.507 e. The molecule has 0 atom stereocenters.